The normalized spacial score (nSPS) is 16.6. The molecule has 0 aliphatic heterocycles. The van der Waals surface area contributed by atoms with E-state index in [9.17, 15) is 0 Å². The lowest BCUT2D eigenvalue weighted by molar-refractivity contribution is 0.301. The minimum absolute atomic E-state index is 0.855. The average molecular weight is 191 g/mol. The summed E-state index contributed by atoms with van der Waals surface area (Å²) in [5.74, 6) is 1.77. The molecule has 0 spiro atoms. The van der Waals surface area contributed by atoms with Crippen molar-refractivity contribution in [3.63, 3.8) is 0 Å². The second-order valence-corrected chi connectivity index (χ2v) is 4.02. The Bertz CT molecular complexity index is 294. The first kappa shape index (κ1) is 9.59. The number of aryl methyl sites for hydroxylation is 1. The van der Waals surface area contributed by atoms with Crippen LogP contribution in [0.25, 0.3) is 0 Å². The van der Waals surface area contributed by atoms with E-state index in [1.807, 2.05) is 19.2 Å². The SMILES string of the molecule is Cc1nccc(CNCC2CCC2)n1. The minimum atomic E-state index is 0.855. The van der Waals surface area contributed by atoms with Gasteiger partial charge in [0.05, 0.1) is 5.69 Å². The Hall–Kier alpha value is -0.960. The summed E-state index contributed by atoms with van der Waals surface area (Å²) < 4.78 is 0. The summed E-state index contributed by atoms with van der Waals surface area (Å²) in [5, 5.41) is 3.44. The lowest BCUT2D eigenvalue weighted by Crippen LogP contribution is -2.27. The summed E-state index contributed by atoms with van der Waals surface area (Å²) in [5.41, 5.74) is 1.09. The van der Waals surface area contributed by atoms with Crippen LogP contribution in [0, 0.1) is 12.8 Å². The quantitative estimate of drug-likeness (QED) is 0.786. The summed E-state index contributed by atoms with van der Waals surface area (Å²) in [7, 11) is 0. The molecule has 1 saturated carbocycles. The molecular weight excluding hydrogens is 174 g/mol. The molecule has 1 heterocycles. The average Bonchev–Trinajstić information content (AvgIpc) is 2.09. The number of hydrogen-bond acceptors (Lipinski definition) is 3. The van der Waals surface area contributed by atoms with Crippen molar-refractivity contribution in [3.05, 3.63) is 23.8 Å². The highest BCUT2D eigenvalue weighted by molar-refractivity contribution is 5.01. The van der Waals surface area contributed by atoms with Gasteiger partial charge in [-0.3, -0.25) is 0 Å². The summed E-state index contributed by atoms with van der Waals surface area (Å²) in [6, 6.07) is 1.97. The van der Waals surface area contributed by atoms with Crippen LogP contribution in [0.1, 0.15) is 30.8 Å². The van der Waals surface area contributed by atoms with Gasteiger partial charge in [-0.05, 0) is 38.3 Å². The molecule has 3 nitrogen and oxygen atoms in total. The second-order valence-electron chi connectivity index (χ2n) is 4.02. The van der Waals surface area contributed by atoms with Gasteiger partial charge in [-0.15, -0.1) is 0 Å². The Balaban J connectivity index is 1.74. The van der Waals surface area contributed by atoms with Crippen LogP contribution >= 0.6 is 0 Å². The molecule has 1 fully saturated rings. The molecule has 1 aliphatic carbocycles. The fraction of sp³-hybridized carbons (Fsp3) is 0.636. The lowest BCUT2D eigenvalue weighted by atomic mass is 9.85. The zero-order valence-corrected chi connectivity index (χ0v) is 8.66. The molecule has 1 aliphatic rings. The van der Waals surface area contributed by atoms with Crippen molar-refractivity contribution < 1.29 is 0 Å². The van der Waals surface area contributed by atoms with E-state index < -0.39 is 0 Å². The smallest absolute Gasteiger partial charge is 0.125 e. The van der Waals surface area contributed by atoms with E-state index >= 15 is 0 Å². The summed E-state index contributed by atoms with van der Waals surface area (Å²) >= 11 is 0. The van der Waals surface area contributed by atoms with Crippen molar-refractivity contribution in [1.29, 1.82) is 0 Å². The molecular formula is C11H17N3. The Morgan fingerprint density at radius 1 is 1.50 bits per heavy atom. The van der Waals surface area contributed by atoms with Gasteiger partial charge >= 0.3 is 0 Å². The van der Waals surface area contributed by atoms with E-state index in [1.54, 1.807) is 0 Å². The van der Waals surface area contributed by atoms with Gasteiger partial charge in [0.25, 0.3) is 0 Å². The van der Waals surface area contributed by atoms with Gasteiger partial charge in [0, 0.05) is 12.7 Å². The van der Waals surface area contributed by atoms with Crippen LogP contribution in [0.2, 0.25) is 0 Å². The van der Waals surface area contributed by atoms with Crippen molar-refractivity contribution >= 4 is 0 Å². The first-order valence-corrected chi connectivity index (χ1v) is 5.34. The Kier molecular flexibility index (Phi) is 3.09. The zero-order chi connectivity index (χ0) is 9.80. The van der Waals surface area contributed by atoms with Gasteiger partial charge in [-0.1, -0.05) is 6.42 Å². The number of rotatable bonds is 4. The summed E-state index contributed by atoms with van der Waals surface area (Å²) in [6.07, 6.45) is 6.03. The van der Waals surface area contributed by atoms with E-state index in [1.165, 1.54) is 19.3 Å². The molecule has 1 aromatic rings. The van der Waals surface area contributed by atoms with E-state index in [0.717, 1.165) is 30.5 Å². The van der Waals surface area contributed by atoms with Gasteiger partial charge in [0.2, 0.25) is 0 Å². The van der Waals surface area contributed by atoms with Crippen molar-refractivity contribution in [1.82, 2.24) is 15.3 Å². The van der Waals surface area contributed by atoms with E-state index in [2.05, 4.69) is 15.3 Å². The van der Waals surface area contributed by atoms with E-state index in [4.69, 9.17) is 0 Å². The topological polar surface area (TPSA) is 37.8 Å². The minimum Gasteiger partial charge on any atom is -0.311 e. The van der Waals surface area contributed by atoms with Crippen molar-refractivity contribution in [3.8, 4) is 0 Å². The maximum atomic E-state index is 4.34. The fourth-order valence-electron chi connectivity index (χ4n) is 1.70. The third-order valence-electron chi connectivity index (χ3n) is 2.80. The first-order chi connectivity index (χ1) is 6.84. The third kappa shape index (κ3) is 2.51. The molecule has 3 heteroatoms. The molecule has 0 saturated heterocycles. The molecule has 76 valence electrons. The van der Waals surface area contributed by atoms with Crippen molar-refractivity contribution in [2.45, 2.75) is 32.7 Å². The maximum Gasteiger partial charge on any atom is 0.125 e. The predicted octanol–water partition coefficient (Wildman–Crippen LogP) is 1.67. The Morgan fingerprint density at radius 2 is 2.36 bits per heavy atom. The third-order valence-corrected chi connectivity index (χ3v) is 2.80. The highest BCUT2D eigenvalue weighted by Crippen LogP contribution is 2.25. The van der Waals surface area contributed by atoms with Crippen LogP contribution < -0.4 is 5.32 Å². The molecule has 0 amide bonds. The largest absolute Gasteiger partial charge is 0.311 e. The molecule has 0 atom stereocenters. The van der Waals surface area contributed by atoms with E-state index in [0.29, 0.717) is 0 Å². The molecule has 1 N–H and O–H groups in total. The van der Waals surface area contributed by atoms with Crippen molar-refractivity contribution in [2.24, 2.45) is 5.92 Å². The predicted molar refractivity (Wildman–Crippen MR) is 55.8 cm³/mol. The van der Waals surface area contributed by atoms with Crippen LogP contribution in [-0.4, -0.2) is 16.5 Å². The number of nitrogens with one attached hydrogen (secondary N) is 1. The number of aromatic nitrogens is 2. The highest BCUT2D eigenvalue weighted by Gasteiger charge is 2.16. The molecule has 0 radical (unpaired) electrons. The Labute approximate surface area is 85.0 Å². The molecule has 0 bridgehead atoms. The molecule has 0 unspecified atom stereocenters. The van der Waals surface area contributed by atoms with Crippen molar-refractivity contribution in [2.75, 3.05) is 6.54 Å². The Morgan fingerprint density at radius 3 is 3.00 bits per heavy atom. The summed E-state index contributed by atoms with van der Waals surface area (Å²) in [4.78, 5) is 8.41. The monoisotopic (exact) mass is 191 g/mol. The highest BCUT2D eigenvalue weighted by atomic mass is 14.9. The molecule has 1 aromatic heterocycles. The van der Waals surface area contributed by atoms with Gasteiger partial charge in [0.15, 0.2) is 0 Å². The van der Waals surface area contributed by atoms with Gasteiger partial charge in [-0.2, -0.15) is 0 Å². The number of nitrogens with zero attached hydrogens (tertiary/aromatic N) is 2. The van der Waals surface area contributed by atoms with Gasteiger partial charge < -0.3 is 5.32 Å². The maximum absolute atomic E-state index is 4.34. The molecule has 0 aromatic carbocycles. The standard InChI is InChI=1S/C11H17N3/c1-9-13-6-5-11(14-9)8-12-7-10-3-2-4-10/h5-6,10,12H,2-4,7-8H2,1H3. The second kappa shape index (κ2) is 4.51. The fourth-order valence-corrected chi connectivity index (χ4v) is 1.70. The van der Waals surface area contributed by atoms with Gasteiger partial charge in [-0.25, -0.2) is 9.97 Å². The summed E-state index contributed by atoms with van der Waals surface area (Å²) in [6.45, 7) is 3.94. The first-order valence-electron chi connectivity index (χ1n) is 5.34. The van der Waals surface area contributed by atoms with Crippen LogP contribution in [-0.2, 0) is 6.54 Å². The zero-order valence-electron chi connectivity index (χ0n) is 8.66. The molecule has 14 heavy (non-hydrogen) atoms. The molecule has 2 rings (SSSR count). The van der Waals surface area contributed by atoms with Crippen LogP contribution in [0.15, 0.2) is 12.3 Å². The van der Waals surface area contributed by atoms with Crippen LogP contribution in [0.4, 0.5) is 0 Å². The van der Waals surface area contributed by atoms with Gasteiger partial charge in [0.1, 0.15) is 5.82 Å². The number of hydrogen-bond donors (Lipinski definition) is 1. The van der Waals surface area contributed by atoms with Crippen LogP contribution in [0.3, 0.4) is 0 Å². The van der Waals surface area contributed by atoms with E-state index in [-0.39, 0.29) is 0 Å². The van der Waals surface area contributed by atoms with Crippen LogP contribution in [0.5, 0.6) is 0 Å². The lowest BCUT2D eigenvalue weighted by Gasteiger charge is -2.25.